The Morgan fingerprint density at radius 2 is 2.00 bits per heavy atom. The van der Waals surface area contributed by atoms with Gasteiger partial charge in [-0.1, -0.05) is 12.5 Å². The molecule has 2 fully saturated rings. The SMILES string of the molecule is O=C1CCC(N2Cc3cc(O[C@@H]4CCCC[C@@H]4NCc4cccnc4)ccc3C2=O)C(=O)N1. The second-order valence-electron chi connectivity index (χ2n) is 9.01. The molecular weight excluding hydrogens is 420 g/mol. The van der Waals surface area contributed by atoms with Crippen molar-refractivity contribution >= 4 is 17.7 Å². The Kier molecular flexibility index (Phi) is 6.09. The molecule has 3 atom stereocenters. The summed E-state index contributed by atoms with van der Waals surface area (Å²) in [6.45, 7) is 1.10. The zero-order valence-corrected chi connectivity index (χ0v) is 18.5. The highest BCUT2D eigenvalue weighted by Gasteiger charge is 2.39. The average molecular weight is 449 g/mol. The molecule has 1 aromatic heterocycles. The van der Waals surface area contributed by atoms with E-state index in [4.69, 9.17) is 4.74 Å². The number of rotatable bonds is 6. The first-order valence-electron chi connectivity index (χ1n) is 11.6. The lowest BCUT2D eigenvalue weighted by molar-refractivity contribution is -0.136. The summed E-state index contributed by atoms with van der Waals surface area (Å²) in [6, 6.07) is 9.20. The van der Waals surface area contributed by atoms with Crippen LogP contribution in [0.1, 0.15) is 60.0 Å². The number of nitrogens with zero attached hydrogens (tertiary/aromatic N) is 2. The minimum Gasteiger partial charge on any atom is -0.489 e. The molecule has 172 valence electrons. The topological polar surface area (TPSA) is 101 Å². The number of ether oxygens (including phenoxy) is 1. The van der Waals surface area contributed by atoms with Gasteiger partial charge in [-0.15, -0.1) is 0 Å². The number of benzene rings is 1. The largest absolute Gasteiger partial charge is 0.489 e. The summed E-state index contributed by atoms with van der Waals surface area (Å²) < 4.78 is 6.40. The first-order valence-corrected chi connectivity index (χ1v) is 11.6. The van der Waals surface area contributed by atoms with E-state index in [0.717, 1.165) is 42.7 Å². The van der Waals surface area contributed by atoms with Crippen molar-refractivity contribution in [2.45, 2.75) is 69.8 Å². The number of pyridine rings is 1. The van der Waals surface area contributed by atoms with Crippen molar-refractivity contribution in [1.82, 2.24) is 20.5 Å². The van der Waals surface area contributed by atoms with Gasteiger partial charge in [0.25, 0.3) is 5.91 Å². The maximum atomic E-state index is 12.9. The van der Waals surface area contributed by atoms with Crippen LogP contribution in [-0.2, 0) is 22.7 Å². The Morgan fingerprint density at radius 3 is 2.82 bits per heavy atom. The fourth-order valence-corrected chi connectivity index (χ4v) is 5.02. The van der Waals surface area contributed by atoms with Gasteiger partial charge in [-0.25, -0.2) is 0 Å². The summed E-state index contributed by atoms with van der Waals surface area (Å²) in [5, 5.41) is 5.97. The van der Waals surface area contributed by atoms with E-state index in [1.807, 2.05) is 24.4 Å². The second-order valence-corrected chi connectivity index (χ2v) is 9.01. The molecule has 1 aliphatic carbocycles. The monoisotopic (exact) mass is 448 g/mol. The summed E-state index contributed by atoms with van der Waals surface area (Å²) in [4.78, 5) is 42.4. The predicted molar refractivity (Wildman–Crippen MR) is 120 cm³/mol. The number of hydrogen-bond acceptors (Lipinski definition) is 6. The van der Waals surface area contributed by atoms with E-state index in [-0.39, 0.29) is 30.4 Å². The predicted octanol–water partition coefficient (Wildman–Crippen LogP) is 2.32. The maximum absolute atomic E-state index is 12.9. The highest BCUT2D eigenvalue weighted by molar-refractivity contribution is 6.05. The van der Waals surface area contributed by atoms with Gasteiger partial charge in [0.05, 0.1) is 0 Å². The molecule has 5 rings (SSSR count). The van der Waals surface area contributed by atoms with Gasteiger partial charge < -0.3 is 15.0 Å². The number of piperidine rings is 1. The standard InChI is InChI=1S/C25H28N4O4/c30-23-10-9-21(24(31)28-23)29-15-17-12-18(7-8-19(17)25(29)32)33-22-6-2-1-5-20(22)27-14-16-4-3-11-26-13-16/h3-4,7-8,11-13,20-22,27H,1-2,5-6,9-10,14-15H2,(H,28,30,31)/t20-,21?,22+/m0/s1. The number of imide groups is 1. The van der Waals surface area contributed by atoms with Crippen LogP contribution in [0, 0.1) is 0 Å². The van der Waals surface area contributed by atoms with Gasteiger partial charge in [0.1, 0.15) is 17.9 Å². The van der Waals surface area contributed by atoms with Crippen molar-refractivity contribution in [2.75, 3.05) is 0 Å². The van der Waals surface area contributed by atoms with E-state index in [1.54, 1.807) is 17.2 Å². The summed E-state index contributed by atoms with van der Waals surface area (Å²) in [7, 11) is 0. The van der Waals surface area contributed by atoms with Gasteiger partial charge in [0.15, 0.2) is 0 Å². The summed E-state index contributed by atoms with van der Waals surface area (Å²) in [5.74, 6) is -0.102. The third-order valence-corrected chi connectivity index (χ3v) is 6.78. The lowest BCUT2D eigenvalue weighted by Gasteiger charge is -2.32. The van der Waals surface area contributed by atoms with E-state index < -0.39 is 11.9 Å². The Bertz CT molecular complexity index is 1060. The number of carbonyl (C=O) groups is 3. The van der Waals surface area contributed by atoms with E-state index >= 15 is 0 Å². The molecule has 1 aromatic carbocycles. The smallest absolute Gasteiger partial charge is 0.255 e. The Labute approximate surface area is 192 Å². The zero-order valence-electron chi connectivity index (χ0n) is 18.5. The zero-order chi connectivity index (χ0) is 22.8. The normalized spacial score (nSPS) is 25.0. The van der Waals surface area contributed by atoms with Crippen molar-refractivity contribution < 1.29 is 19.1 Å². The lowest BCUT2D eigenvalue weighted by atomic mass is 9.92. The lowest BCUT2D eigenvalue weighted by Crippen LogP contribution is -2.52. The molecule has 33 heavy (non-hydrogen) atoms. The Morgan fingerprint density at radius 1 is 1.12 bits per heavy atom. The van der Waals surface area contributed by atoms with Crippen LogP contribution in [0.4, 0.5) is 0 Å². The third-order valence-electron chi connectivity index (χ3n) is 6.78. The number of nitrogens with one attached hydrogen (secondary N) is 2. The number of aromatic nitrogens is 1. The summed E-state index contributed by atoms with van der Waals surface area (Å²) >= 11 is 0. The van der Waals surface area contributed by atoms with E-state index in [2.05, 4.69) is 21.7 Å². The third kappa shape index (κ3) is 4.61. The van der Waals surface area contributed by atoms with Crippen LogP contribution in [0.15, 0.2) is 42.7 Å². The minimum absolute atomic E-state index is 0.0526. The Hall–Kier alpha value is -3.26. The van der Waals surface area contributed by atoms with Crippen LogP contribution >= 0.6 is 0 Å². The molecule has 1 unspecified atom stereocenters. The molecule has 2 aromatic rings. The second kappa shape index (κ2) is 9.31. The van der Waals surface area contributed by atoms with Crippen LogP contribution < -0.4 is 15.4 Å². The van der Waals surface area contributed by atoms with Gasteiger partial charge in [-0.3, -0.25) is 24.7 Å². The van der Waals surface area contributed by atoms with E-state index in [1.165, 1.54) is 6.42 Å². The van der Waals surface area contributed by atoms with E-state index in [9.17, 15) is 14.4 Å². The Balaban J connectivity index is 1.25. The van der Waals surface area contributed by atoms with Crippen LogP contribution in [0.2, 0.25) is 0 Å². The van der Waals surface area contributed by atoms with Crippen LogP contribution in [0.5, 0.6) is 5.75 Å². The molecule has 2 aliphatic heterocycles. The molecule has 1 saturated carbocycles. The van der Waals surface area contributed by atoms with Crippen molar-refractivity contribution in [3.8, 4) is 5.75 Å². The van der Waals surface area contributed by atoms with Gasteiger partial charge in [0.2, 0.25) is 11.8 Å². The van der Waals surface area contributed by atoms with Gasteiger partial charge in [-0.2, -0.15) is 0 Å². The number of hydrogen-bond donors (Lipinski definition) is 2. The summed E-state index contributed by atoms with van der Waals surface area (Å²) in [5.41, 5.74) is 2.60. The van der Waals surface area contributed by atoms with Crippen LogP contribution in [0.25, 0.3) is 0 Å². The fraction of sp³-hybridized carbons (Fsp3) is 0.440. The number of fused-ring (bicyclic) bond motifs is 1. The quantitative estimate of drug-likeness (QED) is 0.658. The van der Waals surface area contributed by atoms with Crippen LogP contribution in [-0.4, -0.2) is 45.8 Å². The minimum atomic E-state index is -0.605. The molecule has 1 saturated heterocycles. The van der Waals surface area contributed by atoms with Crippen molar-refractivity contribution in [1.29, 1.82) is 0 Å². The van der Waals surface area contributed by atoms with Crippen LogP contribution in [0.3, 0.4) is 0 Å². The molecule has 3 heterocycles. The van der Waals surface area contributed by atoms with Gasteiger partial charge in [-0.05, 0) is 61.1 Å². The highest BCUT2D eigenvalue weighted by atomic mass is 16.5. The maximum Gasteiger partial charge on any atom is 0.255 e. The first kappa shape index (κ1) is 21.6. The molecule has 0 spiro atoms. The van der Waals surface area contributed by atoms with Gasteiger partial charge >= 0.3 is 0 Å². The summed E-state index contributed by atoms with van der Waals surface area (Å²) in [6.07, 6.45) is 8.64. The molecule has 3 aliphatic rings. The van der Waals surface area contributed by atoms with E-state index in [0.29, 0.717) is 18.5 Å². The molecule has 0 bridgehead atoms. The molecule has 8 heteroatoms. The molecule has 3 amide bonds. The van der Waals surface area contributed by atoms with Gasteiger partial charge in [0, 0.05) is 43.5 Å². The molecular formula is C25H28N4O4. The van der Waals surface area contributed by atoms with Crippen molar-refractivity contribution in [3.63, 3.8) is 0 Å². The molecule has 8 nitrogen and oxygen atoms in total. The molecule has 2 N–H and O–H groups in total. The number of carbonyl (C=O) groups excluding carboxylic acids is 3. The average Bonchev–Trinajstić information content (AvgIpc) is 3.14. The van der Waals surface area contributed by atoms with Crippen molar-refractivity contribution in [3.05, 3.63) is 59.4 Å². The first-order chi connectivity index (χ1) is 16.1. The highest BCUT2D eigenvalue weighted by Crippen LogP contribution is 2.32. The molecule has 0 radical (unpaired) electrons. The van der Waals surface area contributed by atoms with Crippen molar-refractivity contribution in [2.24, 2.45) is 0 Å². The number of amides is 3. The fourth-order valence-electron chi connectivity index (χ4n) is 5.02.